The van der Waals surface area contributed by atoms with Crippen molar-refractivity contribution in [2.75, 3.05) is 26.2 Å². The van der Waals surface area contributed by atoms with E-state index in [9.17, 15) is 9.59 Å². The van der Waals surface area contributed by atoms with Gasteiger partial charge in [0.05, 0.1) is 31.8 Å². The van der Waals surface area contributed by atoms with E-state index in [4.69, 9.17) is 19.0 Å². The van der Waals surface area contributed by atoms with Crippen LogP contribution in [0.3, 0.4) is 0 Å². The van der Waals surface area contributed by atoms with Crippen molar-refractivity contribution in [3.05, 3.63) is 59.7 Å². The predicted molar refractivity (Wildman–Crippen MR) is 140 cm³/mol. The molecule has 0 aromatic heterocycles. The number of ether oxygens (including phenoxy) is 3. The summed E-state index contributed by atoms with van der Waals surface area (Å²) in [7, 11) is 4.64. The quantitative estimate of drug-likeness (QED) is 0.530. The van der Waals surface area contributed by atoms with Crippen molar-refractivity contribution in [2.24, 2.45) is 5.92 Å². The second-order valence-electron chi connectivity index (χ2n) is 10.9. The molecule has 1 heterocycles. The summed E-state index contributed by atoms with van der Waals surface area (Å²) in [6.07, 6.45) is 2.57. The van der Waals surface area contributed by atoms with Crippen LogP contribution in [0, 0.1) is 5.92 Å². The van der Waals surface area contributed by atoms with Crippen molar-refractivity contribution in [1.29, 1.82) is 0 Å². The smallest absolute Gasteiger partial charge is 0.413 e. The zero-order chi connectivity index (χ0) is 26.8. The van der Waals surface area contributed by atoms with Crippen molar-refractivity contribution in [1.82, 2.24) is 5.48 Å². The second kappa shape index (κ2) is 10.7. The second-order valence-corrected chi connectivity index (χ2v) is 10.9. The van der Waals surface area contributed by atoms with Gasteiger partial charge in [-0.2, -0.15) is 5.48 Å². The van der Waals surface area contributed by atoms with Gasteiger partial charge in [-0.25, -0.2) is 4.79 Å². The third-order valence-electron chi connectivity index (χ3n) is 7.33. The number of hydroxylamine groups is 1. The van der Waals surface area contributed by atoms with Crippen LogP contribution in [-0.4, -0.2) is 44.5 Å². The predicted octanol–water partition coefficient (Wildman–Crippen LogP) is 5.53. The number of amides is 1. The SMILES string of the molecule is COC(=O)N(C)c1ccc(OC)c([C@@H]2C[C@@]3(CCCC(C(=O)OC(C)(C)C)[C@H]3c3ccccc3)ON2)c1. The number of nitrogens with one attached hydrogen (secondary N) is 1. The van der Waals surface area contributed by atoms with Crippen molar-refractivity contribution < 1.29 is 28.6 Å². The van der Waals surface area contributed by atoms with E-state index in [1.807, 2.05) is 57.2 Å². The van der Waals surface area contributed by atoms with Gasteiger partial charge >= 0.3 is 12.1 Å². The van der Waals surface area contributed by atoms with E-state index in [1.165, 1.54) is 12.0 Å². The minimum Gasteiger partial charge on any atom is -0.496 e. The minimum absolute atomic E-state index is 0.179. The lowest BCUT2D eigenvalue weighted by Crippen LogP contribution is -2.47. The third kappa shape index (κ3) is 5.60. The molecule has 4 atom stereocenters. The summed E-state index contributed by atoms with van der Waals surface area (Å²) in [5.41, 5.74) is 4.69. The Bertz CT molecular complexity index is 1120. The summed E-state index contributed by atoms with van der Waals surface area (Å²) in [5, 5.41) is 0. The fourth-order valence-corrected chi connectivity index (χ4v) is 5.72. The average molecular weight is 511 g/mol. The molecule has 2 aromatic carbocycles. The van der Waals surface area contributed by atoms with E-state index < -0.39 is 17.3 Å². The van der Waals surface area contributed by atoms with Crippen LogP contribution in [0.4, 0.5) is 10.5 Å². The van der Waals surface area contributed by atoms with Crippen LogP contribution in [0.1, 0.15) is 69.5 Å². The van der Waals surface area contributed by atoms with Gasteiger partial charge < -0.3 is 14.2 Å². The monoisotopic (exact) mass is 510 g/mol. The van der Waals surface area contributed by atoms with E-state index in [-0.39, 0.29) is 23.8 Å². The zero-order valence-electron chi connectivity index (χ0n) is 22.6. The number of hydrogen-bond donors (Lipinski definition) is 1. The summed E-state index contributed by atoms with van der Waals surface area (Å²) in [6, 6.07) is 15.5. The van der Waals surface area contributed by atoms with Crippen LogP contribution in [0.5, 0.6) is 5.75 Å². The van der Waals surface area contributed by atoms with Crippen LogP contribution < -0.4 is 15.1 Å². The molecule has 0 bridgehead atoms. The van der Waals surface area contributed by atoms with E-state index in [0.717, 1.165) is 30.4 Å². The Labute approximate surface area is 219 Å². The normalized spacial score (nSPS) is 25.5. The van der Waals surface area contributed by atoms with Crippen LogP contribution in [-0.2, 0) is 19.1 Å². The highest BCUT2D eigenvalue weighted by molar-refractivity contribution is 5.87. The number of carbonyl (C=O) groups excluding carboxylic acids is 2. The molecule has 8 nitrogen and oxygen atoms in total. The first-order valence-corrected chi connectivity index (χ1v) is 12.8. The van der Waals surface area contributed by atoms with E-state index >= 15 is 0 Å². The molecule has 1 amide bonds. The molecule has 37 heavy (non-hydrogen) atoms. The molecular weight excluding hydrogens is 472 g/mol. The molecule has 4 rings (SSSR count). The lowest BCUT2D eigenvalue weighted by Gasteiger charge is -2.44. The lowest BCUT2D eigenvalue weighted by molar-refractivity contribution is -0.170. The number of methoxy groups -OCH3 is 2. The molecule has 1 spiro atoms. The molecule has 1 unspecified atom stereocenters. The summed E-state index contributed by atoms with van der Waals surface area (Å²) in [4.78, 5) is 33.5. The maximum Gasteiger partial charge on any atom is 0.413 e. The Morgan fingerprint density at radius 1 is 1.11 bits per heavy atom. The van der Waals surface area contributed by atoms with E-state index in [0.29, 0.717) is 17.9 Å². The maximum atomic E-state index is 13.4. The van der Waals surface area contributed by atoms with Gasteiger partial charge in [0.2, 0.25) is 0 Å². The van der Waals surface area contributed by atoms with E-state index in [1.54, 1.807) is 14.2 Å². The summed E-state index contributed by atoms with van der Waals surface area (Å²) < 4.78 is 16.4. The number of nitrogens with zero attached hydrogens (tertiary/aromatic N) is 1. The maximum absolute atomic E-state index is 13.4. The largest absolute Gasteiger partial charge is 0.496 e. The van der Waals surface area contributed by atoms with Crippen LogP contribution in [0.15, 0.2) is 48.5 Å². The molecular formula is C29H38N2O6. The van der Waals surface area contributed by atoms with Gasteiger partial charge in [-0.15, -0.1) is 0 Å². The molecule has 1 aliphatic carbocycles. The van der Waals surface area contributed by atoms with Crippen molar-refractivity contribution in [3.8, 4) is 5.75 Å². The number of esters is 1. The number of anilines is 1. The number of benzene rings is 2. The Balaban J connectivity index is 1.70. The van der Waals surface area contributed by atoms with Crippen LogP contribution in [0.2, 0.25) is 0 Å². The topological polar surface area (TPSA) is 86.3 Å². The highest BCUT2D eigenvalue weighted by Gasteiger charge is 2.55. The Morgan fingerprint density at radius 3 is 2.49 bits per heavy atom. The first-order chi connectivity index (χ1) is 17.6. The van der Waals surface area contributed by atoms with Gasteiger partial charge in [-0.1, -0.05) is 30.3 Å². The highest BCUT2D eigenvalue weighted by atomic mass is 16.7. The van der Waals surface area contributed by atoms with E-state index in [2.05, 4.69) is 17.6 Å². The Morgan fingerprint density at radius 2 is 1.84 bits per heavy atom. The van der Waals surface area contributed by atoms with Gasteiger partial charge in [0, 0.05) is 30.6 Å². The molecule has 1 aliphatic heterocycles. The number of rotatable bonds is 5. The molecule has 8 heteroatoms. The molecule has 2 aromatic rings. The fraction of sp³-hybridized carbons (Fsp3) is 0.517. The summed E-state index contributed by atoms with van der Waals surface area (Å²) in [5.74, 6) is -0.000907. The zero-order valence-corrected chi connectivity index (χ0v) is 22.6. The van der Waals surface area contributed by atoms with Gasteiger partial charge in [0.1, 0.15) is 11.4 Å². The van der Waals surface area contributed by atoms with Crippen LogP contribution in [0.25, 0.3) is 0 Å². The average Bonchev–Trinajstić information content (AvgIpc) is 3.30. The molecule has 0 radical (unpaired) electrons. The van der Waals surface area contributed by atoms with Crippen molar-refractivity contribution in [2.45, 2.75) is 69.6 Å². The standard InChI is InChI=1S/C29H38N2O6/c1-28(2,3)36-26(32)21-13-10-16-29(25(21)19-11-8-7-9-12-19)18-23(30-37-29)22-17-20(14-15-24(22)34-5)31(4)27(33)35-6/h7-9,11-12,14-15,17,21,23,25,30H,10,13,16,18H2,1-6H3/t21?,23-,25+,29+/m0/s1. The lowest BCUT2D eigenvalue weighted by atomic mass is 9.64. The Kier molecular flexibility index (Phi) is 7.80. The van der Waals surface area contributed by atoms with Gasteiger partial charge in [-0.3, -0.25) is 14.5 Å². The summed E-state index contributed by atoms with van der Waals surface area (Å²) >= 11 is 0. The first-order valence-electron chi connectivity index (χ1n) is 12.8. The Hall–Kier alpha value is -3.10. The summed E-state index contributed by atoms with van der Waals surface area (Å²) in [6.45, 7) is 5.69. The molecule has 2 aliphatic rings. The minimum atomic E-state index is -0.610. The van der Waals surface area contributed by atoms with Gasteiger partial charge in [-0.05, 0) is 63.8 Å². The number of carbonyl (C=O) groups is 2. The van der Waals surface area contributed by atoms with Crippen molar-refractivity contribution >= 4 is 17.7 Å². The molecule has 1 N–H and O–H groups in total. The third-order valence-corrected chi connectivity index (χ3v) is 7.33. The van der Waals surface area contributed by atoms with Crippen molar-refractivity contribution in [3.63, 3.8) is 0 Å². The first kappa shape index (κ1) is 26.9. The highest BCUT2D eigenvalue weighted by Crippen LogP contribution is 2.54. The van der Waals surface area contributed by atoms with Crippen LogP contribution >= 0.6 is 0 Å². The molecule has 1 saturated carbocycles. The molecule has 1 saturated heterocycles. The molecule has 200 valence electrons. The number of hydrogen-bond acceptors (Lipinski definition) is 7. The van der Waals surface area contributed by atoms with Gasteiger partial charge in [0.25, 0.3) is 0 Å². The van der Waals surface area contributed by atoms with Gasteiger partial charge in [0.15, 0.2) is 0 Å². The molecule has 2 fully saturated rings. The fourth-order valence-electron chi connectivity index (χ4n) is 5.72.